The number of pyridine rings is 1. The van der Waals surface area contributed by atoms with Crippen LogP contribution in [0.3, 0.4) is 0 Å². The Hall–Kier alpha value is -1.14. The van der Waals surface area contributed by atoms with E-state index in [2.05, 4.69) is 20.9 Å². The highest BCUT2D eigenvalue weighted by Gasteiger charge is 2.22. The molecule has 0 radical (unpaired) electrons. The summed E-state index contributed by atoms with van der Waals surface area (Å²) in [7, 11) is 0. The van der Waals surface area contributed by atoms with E-state index >= 15 is 0 Å². The lowest BCUT2D eigenvalue weighted by Crippen LogP contribution is -2.38. The van der Waals surface area contributed by atoms with Crippen molar-refractivity contribution in [2.75, 3.05) is 13.2 Å². The van der Waals surface area contributed by atoms with Gasteiger partial charge in [0.1, 0.15) is 5.60 Å². The van der Waals surface area contributed by atoms with Crippen LogP contribution in [0.25, 0.3) is 0 Å². The molecule has 0 aliphatic rings. The van der Waals surface area contributed by atoms with Gasteiger partial charge in [-0.15, -0.1) is 0 Å². The Labute approximate surface area is 121 Å². The standard InChI is InChI=1S/C13H19BrN2O3/c1-13(2,3)19-12(18)16(7-8-17)9-11-10(14)5-4-6-15-11/h4-6,17H,7-9H2,1-3H3. The molecule has 1 aromatic heterocycles. The van der Waals surface area contributed by atoms with Crippen molar-refractivity contribution in [1.82, 2.24) is 9.88 Å². The van der Waals surface area contributed by atoms with Crippen molar-refractivity contribution in [3.63, 3.8) is 0 Å². The molecule has 0 aliphatic carbocycles. The number of ether oxygens (including phenoxy) is 1. The van der Waals surface area contributed by atoms with Crippen LogP contribution >= 0.6 is 15.9 Å². The largest absolute Gasteiger partial charge is 0.444 e. The van der Waals surface area contributed by atoms with Crippen LogP contribution in [0.4, 0.5) is 4.79 Å². The van der Waals surface area contributed by atoms with E-state index in [0.29, 0.717) is 0 Å². The number of hydrogen-bond donors (Lipinski definition) is 1. The molecule has 1 N–H and O–H groups in total. The van der Waals surface area contributed by atoms with Gasteiger partial charge in [-0.05, 0) is 48.8 Å². The molecule has 0 saturated heterocycles. The Kier molecular flexibility index (Phi) is 5.75. The molecule has 0 bridgehead atoms. The molecule has 1 heterocycles. The van der Waals surface area contributed by atoms with Gasteiger partial charge in [-0.25, -0.2) is 4.79 Å². The topological polar surface area (TPSA) is 62.7 Å². The lowest BCUT2D eigenvalue weighted by atomic mass is 10.2. The highest BCUT2D eigenvalue weighted by atomic mass is 79.9. The van der Waals surface area contributed by atoms with Gasteiger partial charge in [-0.2, -0.15) is 0 Å². The van der Waals surface area contributed by atoms with Gasteiger partial charge in [0.15, 0.2) is 0 Å². The van der Waals surface area contributed by atoms with Gasteiger partial charge >= 0.3 is 6.09 Å². The molecule has 1 amide bonds. The number of hydrogen-bond acceptors (Lipinski definition) is 4. The summed E-state index contributed by atoms with van der Waals surface area (Å²) in [5.74, 6) is 0. The fourth-order valence-corrected chi connectivity index (χ4v) is 1.78. The van der Waals surface area contributed by atoms with Crippen LogP contribution in [0, 0.1) is 0 Å². The van der Waals surface area contributed by atoms with Crippen LogP contribution in [0.5, 0.6) is 0 Å². The molecule has 19 heavy (non-hydrogen) atoms. The number of aliphatic hydroxyl groups is 1. The van der Waals surface area contributed by atoms with Crippen molar-refractivity contribution in [3.05, 3.63) is 28.5 Å². The van der Waals surface area contributed by atoms with E-state index in [4.69, 9.17) is 9.84 Å². The molecular formula is C13H19BrN2O3. The number of nitrogens with zero attached hydrogens (tertiary/aromatic N) is 2. The number of halogens is 1. The van der Waals surface area contributed by atoms with Crippen molar-refractivity contribution in [2.24, 2.45) is 0 Å². The molecule has 0 saturated carbocycles. The summed E-state index contributed by atoms with van der Waals surface area (Å²) in [5.41, 5.74) is 0.161. The first-order valence-corrected chi connectivity index (χ1v) is 6.81. The number of amides is 1. The summed E-state index contributed by atoms with van der Waals surface area (Å²) in [6.07, 6.45) is 1.20. The van der Waals surface area contributed by atoms with Crippen LogP contribution in [-0.4, -0.2) is 39.8 Å². The first-order chi connectivity index (χ1) is 8.83. The Balaban J connectivity index is 2.78. The summed E-state index contributed by atoms with van der Waals surface area (Å²) in [6.45, 7) is 5.79. The van der Waals surface area contributed by atoms with Crippen LogP contribution in [-0.2, 0) is 11.3 Å². The second kappa shape index (κ2) is 6.86. The van der Waals surface area contributed by atoms with Crippen LogP contribution < -0.4 is 0 Å². The predicted octanol–water partition coefficient (Wildman–Crippen LogP) is 2.57. The first kappa shape index (κ1) is 15.9. The molecule has 5 nitrogen and oxygen atoms in total. The zero-order valence-electron chi connectivity index (χ0n) is 11.4. The third kappa shape index (κ3) is 5.57. The maximum atomic E-state index is 12.0. The zero-order chi connectivity index (χ0) is 14.5. The number of aliphatic hydroxyl groups excluding tert-OH is 1. The van der Waals surface area contributed by atoms with E-state index in [1.807, 2.05) is 6.07 Å². The summed E-state index contributed by atoms with van der Waals surface area (Å²) in [6, 6.07) is 3.66. The molecule has 0 fully saturated rings. The van der Waals surface area contributed by atoms with Crippen molar-refractivity contribution >= 4 is 22.0 Å². The molecular weight excluding hydrogens is 312 g/mol. The van der Waals surface area contributed by atoms with E-state index in [-0.39, 0.29) is 19.7 Å². The molecule has 106 valence electrons. The second-order valence-electron chi connectivity index (χ2n) is 5.06. The maximum Gasteiger partial charge on any atom is 0.410 e. The number of aromatic nitrogens is 1. The summed E-state index contributed by atoms with van der Waals surface area (Å²) in [4.78, 5) is 17.6. The minimum absolute atomic E-state index is 0.121. The van der Waals surface area contributed by atoms with Gasteiger partial charge < -0.3 is 9.84 Å². The Bertz CT molecular complexity index is 432. The molecule has 0 unspecified atom stereocenters. The fraction of sp³-hybridized carbons (Fsp3) is 0.538. The number of rotatable bonds is 4. The Morgan fingerprint density at radius 1 is 1.53 bits per heavy atom. The fourth-order valence-electron chi connectivity index (χ4n) is 1.40. The van der Waals surface area contributed by atoms with E-state index < -0.39 is 11.7 Å². The van der Waals surface area contributed by atoms with Gasteiger partial charge in [-0.1, -0.05) is 0 Å². The normalized spacial score (nSPS) is 11.2. The minimum Gasteiger partial charge on any atom is -0.444 e. The highest BCUT2D eigenvalue weighted by Crippen LogP contribution is 2.17. The molecule has 0 spiro atoms. The van der Waals surface area contributed by atoms with Gasteiger partial charge in [0.2, 0.25) is 0 Å². The van der Waals surface area contributed by atoms with Gasteiger partial charge in [0.05, 0.1) is 18.8 Å². The molecule has 0 aromatic carbocycles. The molecule has 1 rings (SSSR count). The van der Waals surface area contributed by atoms with Crippen molar-refractivity contribution in [3.8, 4) is 0 Å². The zero-order valence-corrected chi connectivity index (χ0v) is 13.0. The van der Waals surface area contributed by atoms with Gasteiger partial charge in [-0.3, -0.25) is 9.88 Å². The lowest BCUT2D eigenvalue weighted by molar-refractivity contribution is 0.0199. The van der Waals surface area contributed by atoms with Crippen molar-refractivity contribution in [1.29, 1.82) is 0 Å². The quantitative estimate of drug-likeness (QED) is 0.921. The van der Waals surface area contributed by atoms with Crippen molar-refractivity contribution in [2.45, 2.75) is 32.9 Å². The van der Waals surface area contributed by atoms with E-state index in [0.717, 1.165) is 10.2 Å². The third-order valence-electron chi connectivity index (χ3n) is 2.20. The Morgan fingerprint density at radius 3 is 2.74 bits per heavy atom. The molecule has 1 aromatic rings. The Morgan fingerprint density at radius 2 is 2.21 bits per heavy atom. The SMILES string of the molecule is CC(C)(C)OC(=O)N(CCO)Cc1ncccc1Br. The number of carbonyl (C=O) groups excluding carboxylic acids is 1. The third-order valence-corrected chi connectivity index (χ3v) is 2.92. The maximum absolute atomic E-state index is 12.0. The molecule has 0 aliphatic heterocycles. The van der Waals surface area contributed by atoms with Gasteiger partial charge in [0.25, 0.3) is 0 Å². The lowest BCUT2D eigenvalue weighted by Gasteiger charge is -2.27. The van der Waals surface area contributed by atoms with Crippen molar-refractivity contribution < 1.29 is 14.6 Å². The van der Waals surface area contributed by atoms with Crippen LogP contribution in [0.15, 0.2) is 22.8 Å². The summed E-state index contributed by atoms with van der Waals surface area (Å²) in [5, 5.41) is 9.05. The average molecular weight is 331 g/mol. The molecule has 6 heteroatoms. The second-order valence-corrected chi connectivity index (χ2v) is 5.91. The summed E-state index contributed by atoms with van der Waals surface area (Å²) < 4.78 is 6.12. The van der Waals surface area contributed by atoms with Crippen LogP contribution in [0.2, 0.25) is 0 Å². The van der Waals surface area contributed by atoms with E-state index in [1.165, 1.54) is 4.90 Å². The predicted molar refractivity (Wildman–Crippen MR) is 75.7 cm³/mol. The van der Waals surface area contributed by atoms with Crippen LogP contribution in [0.1, 0.15) is 26.5 Å². The van der Waals surface area contributed by atoms with E-state index in [9.17, 15) is 4.79 Å². The monoisotopic (exact) mass is 330 g/mol. The average Bonchev–Trinajstić information content (AvgIpc) is 2.29. The smallest absolute Gasteiger partial charge is 0.410 e. The number of carbonyl (C=O) groups is 1. The highest BCUT2D eigenvalue weighted by molar-refractivity contribution is 9.10. The van der Waals surface area contributed by atoms with Gasteiger partial charge in [0, 0.05) is 17.2 Å². The first-order valence-electron chi connectivity index (χ1n) is 6.01. The molecule has 0 atom stereocenters. The summed E-state index contributed by atoms with van der Waals surface area (Å²) >= 11 is 3.38. The van der Waals surface area contributed by atoms with E-state index in [1.54, 1.807) is 33.0 Å². The minimum atomic E-state index is -0.563.